The molecule has 5 nitrogen and oxygen atoms in total. The van der Waals surface area contributed by atoms with Crippen molar-refractivity contribution in [2.75, 3.05) is 26.3 Å². The third-order valence-corrected chi connectivity index (χ3v) is 3.14. The van der Waals surface area contributed by atoms with Gasteiger partial charge in [0.05, 0.1) is 25.3 Å². The van der Waals surface area contributed by atoms with Gasteiger partial charge in [0.15, 0.2) is 0 Å². The summed E-state index contributed by atoms with van der Waals surface area (Å²) in [7, 11) is 0. The smallest absolute Gasteiger partial charge is 0.254 e. The van der Waals surface area contributed by atoms with Crippen molar-refractivity contribution in [3.05, 3.63) is 35.6 Å². The predicted octanol–water partition coefficient (Wildman–Crippen LogP) is 0.708. The second kappa shape index (κ2) is 6.00. The molecule has 2 rings (SSSR count). The summed E-state index contributed by atoms with van der Waals surface area (Å²) in [6, 6.07) is 5.64. The lowest BCUT2D eigenvalue weighted by atomic mass is 9.89. The summed E-state index contributed by atoms with van der Waals surface area (Å²) in [5.41, 5.74) is -0.0924. The number of carbonyl (C=O) groups is 2. The zero-order valence-corrected chi connectivity index (χ0v) is 11.2. The van der Waals surface area contributed by atoms with Gasteiger partial charge in [0, 0.05) is 12.0 Å². The van der Waals surface area contributed by atoms with E-state index in [1.807, 2.05) is 6.92 Å². The van der Waals surface area contributed by atoms with Crippen LogP contribution >= 0.6 is 0 Å². The van der Waals surface area contributed by atoms with Crippen molar-refractivity contribution in [1.82, 2.24) is 10.6 Å². The predicted molar refractivity (Wildman–Crippen MR) is 70.7 cm³/mol. The van der Waals surface area contributed by atoms with Crippen LogP contribution < -0.4 is 10.6 Å². The molecule has 108 valence electrons. The lowest BCUT2D eigenvalue weighted by molar-refractivity contribution is -0.125. The van der Waals surface area contributed by atoms with Crippen LogP contribution in [0, 0.1) is 11.2 Å². The van der Waals surface area contributed by atoms with Crippen LogP contribution in [0.25, 0.3) is 0 Å². The molecule has 1 aliphatic rings. The topological polar surface area (TPSA) is 67.4 Å². The standard InChI is InChI=1S/C14H17FN2O3/c1-14(8-20-9-14)7-17-12(18)6-16-13(19)10-4-2-3-5-11(10)15/h2-5H,6-9H2,1H3,(H,16,19)(H,17,18). The number of nitrogens with one attached hydrogen (secondary N) is 2. The molecule has 0 aromatic heterocycles. The highest BCUT2D eigenvalue weighted by atomic mass is 19.1. The van der Waals surface area contributed by atoms with Gasteiger partial charge in [-0.2, -0.15) is 0 Å². The molecule has 2 amide bonds. The fraction of sp³-hybridized carbons (Fsp3) is 0.429. The van der Waals surface area contributed by atoms with E-state index in [-0.39, 0.29) is 23.4 Å². The molecule has 1 aromatic rings. The number of halogens is 1. The highest BCUT2D eigenvalue weighted by Crippen LogP contribution is 2.24. The summed E-state index contributed by atoms with van der Waals surface area (Å²) in [6.45, 7) is 3.57. The number of benzene rings is 1. The van der Waals surface area contributed by atoms with Gasteiger partial charge in [-0.1, -0.05) is 19.1 Å². The lowest BCUT2D eigenvalue weighted by Gasteiger charge is -2.38. The monoisotopic (exact) mass is 280 g/mol. The second-order valence-electron chi connectivity index (χ2n) is 5.24. The summed E-state index contributed by atoms with van der Waals surface area (Å²) in [5, 5.41) is 5.11. The molecule has 1 heterocycles. The molecular formula is C14H17FN2O3. The first-order chi connectivity index (χ1) is 9.50. The Morgan fingerprint density at radius 3 is 2.60 bits per heavy atom. The Morgan fingerprint density at radius 2 is 2.00 bits per heavy atom. The van der Waals surface area contributed by atoms with Crippen LogP contribution in [0.2, 0.25) is 0 Å². The van der Waals surface area contributed by atoms with Crippen molar-refractivity contribution in [2.45, 2.75) is 6.92 Å². The molecular weight excluding hydrogens is 263 g/mol. The first kappa shape index (κ1) is 14.5. The maximum atomic E-state index is 13.3. The minimum absolute atomic E-state index is 0.0226. The van der Waals surface area contributed by atoms with Crippen LogP contribution in [-0.4, -0.2) is 38.1 Å². The summed E-state index contributed by atoms with van der Waals surface area (Å²) in [5.74, 6) is -1.51. The average molecular weight is 280 g/mol. The number of hydrogen-bond donors (Lipinski definition) is 2. The number of hydrogen-bond acceptors (Lipinski definition) is 3. The maximum absolute atomic E-state index is 13.3. The SMILES string of the molecule is CC1(CNC(=O)CNC(=O)c2ccccc2F)COC1. The Labute approximate surface area is 116 Å². The second-order valence-corrected chi connectivity index (χ2v) is 5.24. The molecule has 0 unspecified atom stereocenters. The van der Waals surface area contributed by atoms with E-state index in [1.54, 1.807) is 6.07 Å². The van der Waals surface area contributed by atoms with Crippen LogP contribution in [0.1, 0.15) is 17.3 Å². The summed E-state index contributed by atoms with van der Waals surface area (Å²) in [6.07, 6.45) is 0. The van der Waals surface area contributed by atoms with Crippen LogP contribution in [0.3, 0.4) is 0 Å². The average Bonchev–Trinajstić information content (AvgIpc) is 2.41. The van der Waals surface area contributed by atoms with Crippen LogP contribution in [-0.2, 0) is 9.53 Å². The number of rotatable bonds is 5. The molecule has 2 N–H and O–H groups in total. The molecule has 0 spiro atoms. The van der Waals surface area contributed by atoms with Crippen LogP contribution in [0.5, 0.6) is 0 Å². The van der Waals surface area contributed by atoms with Gasteiger partial charge in [-0.05, 0) is 12.1 Å². The van der Waals surface area contributed by atoms with Crippen molar-refractivity contribution in [1.29, 1.82) is 0 Å². The third kappa shape index (κ3) is 3.54. The first-order valence-corrected chi connectivity index (χ1v) is 6.37. The number of ether oxygens (including phenoxy) is 1. The van der Waals surface area contributed by atoms with E-state index in [9.17, 15) is 14.0 Å². The van der Waals surface area contributed by atoms with Crippen molar-refractivity contribution >= 4 is 11.8 Å². The Hall–Kier alpha value is -1.95. The third-order valence-electron chi connectivity index (χ3n) is 3.14. The zero-order chi connectivity index (χ0) is 14.6. The van der Waals surface area contributed by atoms with Gasteiger partial charge in [-0.25, -0.2) is 4.39 Å². The highest BCUT2D eigenvalue weighted by molar-refractivity contribution is 5.96. The number of amides is 2. The van der Waals surface area contributed by atoms with Crippen molar-refractivity contribution in [3.8, 4) is 0 Å². The largest absolute Gasteiger partial charge is 0.380 e. The van der Waals surface area contributed by atoms with Gasteiger partial charge >= 0.3 is 0 Å². The molecule has 20 heavy (non-hydrogen) atoms. The Morgan fingerprint density at radius 1 is 1.30 bits per heavy atom. The maximum Gasteiger partial charge on any atom is 0.254 e. The van der Waals surface area contributed by atoms with E-state index in [1.165, 1.54) is 18.2 Å². The highest BCUT2D eigenvalue weighted by Gasteiger charge is 2.33. The molecule has 0 bridgehead atoms. The molecule has 0 aliphatic carbocycles. The minimum atomic E-state index is -0.607. The van der Waals surface area contributed by atoms with Gasteiger partial charge in [0.1, 0.15) is 5.82 Å². The van der Waals surface area contributed by atoms with Gasteiger partial charge in [-0.3, -0.25) is 9.59 Å². The van der Waals surface area contributed by atoms with E-state index >= 15 is 0 Å². The van der Waals surface area contributed by atoms with E-state index in [0.717, 1.165) is 0 Å². The first-order valence-electron chi connectivity index (χ1n) is 6.37. The molecule has 1 aliphatic heterocycles. The molecule has 1 aromatic carbocycles. The zero-order valence-electron chi connectivity index (χ0n) is 11.2. The Balaban J connectivity index is 1.76. The van der Waals surface area contributed by atoms with Crippen molar-refractivity contribution in [3.63, 3.8) is 0 Å². The summed E-state index contributed by atoms with van der Waals surface area (Å²) >= 11 is 0. The Kier molecular flexibility index (Phi) is 4.34. The van der Waals surface area contributed by atoms with Crippen LogP contribution in [0.15, 0.2) is 24.3 Å². The molecule has 1 fully saturated rings. The Bertz CT molecular complexity index is 515. The van der Waals surface area contributed by atoms with Crippen LogP contribution in [0.4, 0.5) is 4.39 Å². The minimum Gasteiger partial charge on any atom is -0.380 e. The molecule has 6 heteroatoms. The van der Waals surface area contributed by atoms with Gasteiger partial charge < -0.3 is 15.4 Å². The molecule has 1 saturated heterocycles. The summed E-state index contributed by atoms with van der Waals surface area (Å²) in [4.78, 5) is 23.3. The quantitative estimate of drug-likeness (QED) is 0.834. The normalized spacial score (nSPS) is 16.1. The van der Waals surface area contributed by atoms with E-state index in [4.69, 9.17) is 4.74 Å². The fourth-order valence-electron chi connectivity index (χ4n) is 1.83. The molecule has 0 radical (unpaired) electrons. The number of carbonyl (C=O) groups excluding carboxylic acids is 2. The lowest BCUT2D eigenvalue weighted by Crippen LogP contribution is -2.50. The van der Waals surface area contributed by atoms with E-state index < -0.39 is 11.7 Å². The van der Waals surface area contributed by atoms with Gasteiger partial charge in [-0.15, -0.1) is 0 Å². The summed E-state index contributed by atoms with van der Waals surface area (Å²) < 4.78 is 18.4. The van der Waals surface area contributed by atoms with E-state index in [0.29, 0.717) is 19.8 Å². The fourth-order valence-corrected chi connectivity index (χ4v) is 1.83. The molecule has 0 atom stereocenters. The molecule has 0 saturated carbocycles. The van der Waals surface area contributed by atoms with Gasteiger partial charge in [0.25, 0.3) is 5.91 Å². The van der Waals surface area contributed by atoms with Crippen molar-refractivity contribution < 1.29 is 18.7 Å². The van der Waals surface area contributed by atoms with Gasteiger partial charge in [0.2, 0.25) is 5.91 Å². The van der Waals surface area contributed by atoms with Crippen molar-refractivity contribution in [2.24, 2.45) is 5.41 Å². The van der Waals surface area contributed by atoms with E-state index in [2.05, 4.69) is 10.6 Å².